The predicted molar refractivity (Wildman–Crippen MR) is 79.5 cm³/mol. The fraction of sp³-hybridized carbons (Fsp3) is 0.0714. The number of alkyl halides is 3. The number of halogens is 3. The van der Waals surface area contributed by atoms with Gasteiger partial charge < -0.3 is 4.42 Å². The Morgan fingerprint density at radius 3 is 2.57 bits per heavy atom. The van der Waals surface area contributed by atoms with Gasteiger partial charge >= 0.3 is 6.18 Å². The van der Waals surface area contributed by atoms with Crippen LogP contribution in [0.25, 0.3) is 11.6 Å². The Kier molecular flexibility index (Phi) is 3.87. The van der Waals surface area contributed by atoms with Crippen molar-refractivity contribution in [1.29, 1.82) is 0 Å². The first kappa shape index (κ1) is 15.2. The molecule has 0 saturated carbocycles. The van der Waals surface area contributed by atoms with E-state index in [2.05, 4.69) is 15.3 Å². The highest BCUT2D eigenvalue weighted by Crippen LogP contribution is 2.28. The molecule has 0 unspecified atom stereocenters. The molecule has 1 N–H and O–H groups in total. The first-order valence-corrected chi connectivity index (χ1v) is 6.79. The second-order valence-corrected chi connectivity index (χ2v) is 4.89. The number of aromatic nitrogens is 3. The zero-order valence-corrected chi connectivity index (χ0v) is 12.2. The molecular weight excluding hydrogens is 329 g/mol. The number of benzene rings is 1. The van der Waals surface area contributed by atoms with Crippen LogP contribution in [0.3, 0.4) is 0 Å². The molecule has 0 saturated heterocycles. The van der Waals surface area contributed by atoms with Gasteiger partial charge in [-0.25, -0.2) is 5.10 Å². The van der Waals surface area contributed by atoms with Gasteiger partial charge in [-0.15, -0.1) is 5.10 Å². The summed E-state index contributed by atoms with van der Waals surface area (Å²) in [6.07, 6.45) is -1.50. The highest BCUT2D eigenvalue weighted by Gasteiger charge is 2.29. The van der Waals surface area contributed by atoms with Gasteiger partial charge in [-0.2, -0.15) is 22.9 Å². The second-order valence-electron chi connectivity index (χ2n) is 4.51. The van der Waals surface area contributed by atoms with Gasteiger partial charge in [0.1, 0.15) is 0 Å². The van der Waals surface area contributed by atoms with Crippen molar-refractivity contribution in [3.05, 3.63) is 58.6 Å². The van der Waals surface area contributed by atoms with Crippen LogP contribution in [0, 0.1) is 4.77 Å². The molecule has 0 atom stereocenters. The lowest BCUT2D eigenvalue weighted by molar-refractivity contribution is -0.137. The average Bonchev–Trinajstić information content (AvgIpc) is 3.14. The topological polar surface area (TPSA) is 59.1 Å². The Morgan fingerprint density at radius 2 is 1.96 bits per heavy atom. The third-order valence-corrected chi connectivity index (χ3v) is 3.22. The first-order valence-electron chi connectivity index (χ1n) is 6.38. The lowest BCUT2D eigenvalue weighted by Crippen LogP contribution is -2.04. The number of aromatic amines is 1. The second kappa shape index (κ2) is 5.84. The lowest BCUT2D eigenvalue weighted by Gasteiger charge is -2.05. The summed E-state index contributed by atoms with van der Waals surface area (Å²) in [5.41, 5.74) is -0.225. The van der Waals surface area contributed by atoms with E-state index in [1.807, 2.05) is 0 Å². The summed E-state index contributed by atoms with van der Waals surface area (Å²) in [5.74, 6) is 0.824. The summed E-state index contributed by atoms with van der Waals surface area (Å²) in [5, 5.41) is 10.7. The van der Waals surface area contributed by atoms with Gasteiger partial charge in [0.2, 0.25) is 10.6 Å². The van der Waals surface area contributed by atoms with Crippen LogP contribution in [0.15, 0.2) is 52.2 Å². The van der Waals surface area contributed by atoms with Crippen LogP contribution in [0.4, 0.5) is 13.2 Å². The maximum atomic E-state index is 12.5. The Labute approximate surface area is 133 Å². The molecule has 0 amide bonds. The lowest BCUT2D eigenvalue weighted by atomic mass is 10.1. The van der Waals surface area contributed by atoms with E-state index < -0.39 is 11.7 Å². The van der Waals surface area contributed by atoms with E-state index >= 15 is 0 Å². The highest BCUT2D eigenvalue weighted by molar-refractivity contribution is 7.71. The summed E-state index contributed by atoms with van der Waals surface area (Å²) in [6, 6.07) is 8.00. The van der Waals surface area contributed by atoms with Crippen molar-refractivity contribution < 1.29 is 17.6 Å². The third kappa shape index (κ3) is 3.24. The van der Waals surface area contributed by atoms with Crippen molar-refractivity contribution in [2.24, 2.45) is 5.10 Å². The molecule has 0 radical (unpaired) electrons. The molecule has 9 heteroatoms. The standard InChI is InChI=1S/C14H9F3N4OS/c15-14(16,17)10-5-3-9(4-6-10)8-18-21-12(19-20-13(21)23)11-2-1-7-22-11/h1-8H,(H,20,23)/b18-8-. The van der Waals surface area contributed by atoms with Crippen molar-refractivity contribution in [1.82, 2.24) is 14.9 Å². The predicted octanol–water partition coefficient (Wildman–Crippen LogP) is 4.10. The number of hydrogen-bond donors (Lipinski definition) is 1. The third-order valence-electron chi connectivity index (χ3n) is 2.95. The van der Waals surface area contributed by atoms with E-state index in [1.54, 1.807) is 12.1 Å². The number of nitrogens with one attached hydrogen (secondary N) is 1. The summed E-state index contributed by atoms with van der Waals surface area (Å²) in [6.45, 7) is 0. The van der Waals surface area contributed by atoms with E-state index in [0.29, 0.717) is 17.1 Å². The zero-order valence-electron chi connectivity index (χ0n) is 11.4. The van der Waals surface area contributed by atoms with Crippen LogP contribution >= 0.6 is 12.2 Å². The van der Waals surface area contributed by atoms with Gasteiger partial charge in [-0.1, -0.05) is 12.1 Å². The molecule has 0 aliphatic heterocycles. The monoisotopic (exact) mass is 338 g/mol. The van der Waals surface area contributed by atoms with E-state index in [-0.39, 0.29) is 4.77 Å². The molecular formula is C14H9F3N4OS. The highest BCUT2D eigenvalue weighted by atomic mass is 32.1. The normalized spacial score (nSPS) is 12.1. The van der Waals surface area contributed by atoms with E-state index in [4.69, 9.17) is 16.6 Å². The Balaban J connectivity index is 1.89. The van der Waals surface area contributed by atoms with Crippen molar-refractivity contribution in [3.63, 3.8) is 0 Å². The van der Waals surface area contributed by atoms with Crippen LogP contribution in [0.1, 0.15) is 11.1 Å². The van der Waals surface area contributed by atoms with Gasteiger partial charge in [-0.05, 0) is 42.0 Å². The first-order chi connectivity index (χ1) is 10.9. The molecule has 2 heterocycles. The Hall–Kier alpha value is -2.68. The molecule has 0 aliphatic carbocycles. The quantitative estimate of drug-likeness (QED) is 0.578. The van der Waals surface area contributed by atoms with Gasteiger partial charge in [0.05, 0.1) is 18.0 Å². The number of hydrogen-bond acceptors (Lipinski definition) is 4. The average molecular weight is 338 g/mol. The molecule has 118 valence electrons. The molecule has 3 rings (SSSR count). The van der Waals surface area contributed by atoms with Crippen molar-refractivity contribution in [3.8, 4) is 11.6 Å². The summed E-state index contributed by atoms with van der Waals surface area (Å²) >= 11 is 5.07. The molecule has 3 aromatic rings. The minimum absolute atomic E-state index is 0.236. The number of nitrogens with zero attached hydrogens (tertiary/aromatic N) is 3. The molecule has 0 bridgehead atoms. The fourth-order valence-corrected chi connectivity index (χ4v) is 2.03. The van der Waals surface area contributed by atoms with Crippen LogP contribution < -0.4 is 0 Å². The minimum atomic E-state index is -4.37. The maximum absolute atomic E-state index is 12.5. The maximum Gasteiger partial charge on any atom is 0.416 e. The summed E-state index contributed by atoms with van der Waals surface area (Å²) in [4.78, 5) is 0. The van der Waals surface area contributed by atoms with Gasteiger partial charge in [0.25, 0.3) is 0 Å². The van der Waals surface area contributed by atoms with Crippen LogP contribution in [-0.4, -0.2) is 21.1 Å². The van der Waals surface area contributed by atoms with Crippen LogP contribution in [0.5, 0.6) is 0 Å². The smallest absolute Gasteiger partial charge is 0.416 e. The van der Waals surface area contributed by atoms with Crippen LogP contribution in [-0.2, 0) is 6.18 Å². The van der Waals surface area contributed by atoms with Crippen molar-refractivity contribution in [2.45, 2.75) is 6.18 Å². The Bertz CT molecular complexity index is 876. The van der Waals surface area contributed by atoms with E-state index in [9.17, 15) is 13.2 Å². The molecule has 0 fully saturated rings. The molecule has 5 nitrogen and oxygen atoms in total. The van der Waals surface area contributed by atoms with Crippen molar-refractivity contribution >= 4 is 18.4 Å². The van der Waals surface area contributed by atoms with Gasteiger partial charge in [0, 0.05) is 0 Å². The number of furan rings is 1. The molecule has 0 spiro atoms. The molecule has 23 heavy (non-hydrogen) atoms. The van der Waals surface area contributed by atoms with Gasteiger partial charge in [0.15, 0.2) is 5.76 Å². The minimum Gasteiger partial charge on any atom is -0.461 e. The summed E-state index contributed by atoms with van der Waals surface area (Å²) in [7, 11) is 0. The van der Waals surface area contributed by atoms with E-state index in [1.165, 1.54) is 29.3 Å². The summed E-state index contributed by atoms with van der Waals surface area (Å²) < 4.78 is 44.3. The largest absolute Gasteiger partial charge is 0.461 e. The van der Waals surface area contributed by atoms with Gasteiger partial charge in [-0.3, -0.25) is 0 Å². The molecule has 0 aliphatic rings. The number of rotatable bonds is 3. The number of H-pyrrole nitrogens is 1. The van der Waals surface area contributed by atoms with Crippen molar-refractivity contribution in [2.75, 3.05) is 0 Å². The van der Waals surface area contributed by atoms with E-state index in [0.717, 1.165) is 12.1 Å². The molecule has 2 aromatic heterocycles. The SMILES string of the molecule is FC(F)(F)c1ccc(/C=N\n2c(-c3ccco3)n[nH]c2=S)cc1. The zero-order chi connectivity index (χ0) is 16.4. The molecule has 1 aromatic carbocycles. The van der Waals surface area contributed by atoms with Crippen LogP contribution in [0.2, 0.25) is 0 Å². The Morgan fingerprint density at radius 1 is 1.22 bits per heavy atom. The fourth-order valence-electron chi connectivity index (χ4n) is 1.85.